The predicted octanol–water partition coefficient (Wildman–Crippen LogP) is 4.87. The number of esters is 1. The number of carbonyl (C=O) groups excluding carboxylic acids is 1. The van der Waals surface area contributed by atoms with E-state index < -0.39 is 0 Å². The maximum atomic E-state index is 12.4. The van der Waals surface area contributed by atoms with Crippen LogP contribution in [-0.2, 0) is 4.74 Å². The molecule has 0 N–H and O–H groups in total. The average Bonchev–Trinajstić information content (AvgIpc) is 2.53. The Morgan fingerprint density at radius 2 is 2.00 bits per heavy atom. The maximum Gasteiger partial charge on any atom is 0.338 e. The van der Waals surface area contributed by atoms with E-state index in [1.165, 1.54) is 6.42 Å². The zero-order valence-corrected chi connectivity index (χ0v) is 14.5. The molecule has 1 aliphatic rings. The molecule has 1 aromatic rings. The number of rotatable bonds is 6. The Morgan fingerprint density at radius 3 is 2.61 bits per heavy atom. The summed E-state index contributed by atoms with van der Waals surface area (Å²) >= 11 is 0. The van der Waals surface area contributed by atoms with Crippen LogP contribution < -0.4 is 4.74 Å². The molecule has 0 heterocycles. The highest BCUT2D eigenvalue weighted by Gasteiger charge is 2.33. The van der Waals surface area contributed by atoms with Crippen molar-refractivity contribution in [1.82, 2.24) is 0 Å². The van der Waals surface area contributed by atoms with Gasteiger partial charge in [0.1, 0.15) is 18.5 Å². The first kappa shape index (κ1) is 17.6. The highest BCUT2D eigenvalue weighted by atomic mass is 16.5. The Hall–Kier alpha value is -1.77. The quantitative estimate of drug-likeness (QED) is 0.555. The van der Waals surface area contributed by atoms with Gasteiger partial charge in [0, 0.05) is 0 Å². The molecule has 1 saturated carbocycles. The van der Waals surface area contributed by atoms with E-state index in [9.17, 15) is 4.79 Å². The van der Waals surface area contributed by atoms with Crippen molar-refractivity contribution in [1.29, 1.82) is 0 Å². The minimum atomic E-state index is -0.231. The van der Waals surface area contributed by atoms with E-state index in [1.807, 2.05) is 0 Å². The Kier molecular flexibility index (Phi) is 6.26. The van der Waals surface area contributed by atoms with Crippen LogP contribution in [0.25, 0.3) is 0 Å². The van der Waals surface area contributed by atoms with Crippen LogP contribution in [0.1, 0.15) is 50.4 Å². The van der Waals surface area contributed by atoms with Crippen molar-refractivity contribution >= 4 is 5.97 Å². The molecule has 0 aliphatic heterocycles. The van der Waals surface area contributed by atoms with E-state index in [0.29, 0.717) is 29.9 Å². The first-order chi connectivity index (χ1) is 11.0. The first-order valence-corrected chi connectivity index (χ1v) is 8.56. The normalized spacial score (nSPS) is 24.3. The number of carbonyl (C=O) groups is 1. The van der Waals surface area contributed by atoms with Gasteiger partial charge in [-0.25, -0.2) is 4.79 Å². The molecule has 23 heavy (non-hydrogen) atoms. The Bertz CT molecular complexity index is 518. The summed E-state index contributed by atoms with van der Waals surface area (Å²) in [6.45, 7) is 10.7. The van der Waals surface area contributed by atoms with Gasteiger partial charge in [0.05, 0.1) is 5.56 Å². The molecule has 1 aliphatic carbocycles. The van der Waals surface area contributed by atoms with Crippen LogP contribution in [0.2, 0.25) is 0 Å². The molecule has 0 spiro atoms. The summed E-state index contributed by atoms with van der Waals surface area (Å²) in [7, 11) is 0. The zero-order chi connectivity index (χ0) is 16.8. The lowest BCUT2D eigenvalue weighted by Crippen LogP contribution is -2.35. The molecule has 0 bridgehead atoms. The summed E-state index contributed by atoms with van der Waals surface area (Å²) in [5.74, 6) is 2.12. The predicted molar refractivity (Wildman–Crippen MR) is 92.7 cm³/mol. The highest BCUT2D eigenvalue weighted by molar-refractivity contribution is 5.89. The first-order valence-electron chi connectivity index (χ1n) is 8.56. The molecule has 126 valence electrons. The van der Waals surface area contributed by atoms with Gasteiger partial charge >= 0.3 is 5.97 Å². The Morgan fingerprint density at radius 1 is 1.30 bits per heavy atom. The minimum absolute atomic E-state index is 0.0305. The van der Waals surface area contributed by atoms with Gasteiger partial charge in [0.15, 0.2) is 0 Å². The molecule has 0 aromatic heterocycles. The van der Waals surface area contributed by atoms with Crippen LogP contribution >= 0.6 is 0 Å². The third-order valence-corrected chi connectivity index (χ3v) is 4.68. The van der Waals surface area contributed by atoms with Crippen molar-refractivity contribution in [3.8, 4) is 5.75 Å². The fourth-order valence-corrected chi connectivity index (χ4v) is 3.30. The molecule has 3 unspecified atom stereocenters. The molecule has 2 rings (SSSR count). The second kappa shape index (κ2) is 8.19. The van der Waals surface area contributed by atoms with Crippen LogP contribution in [0.15, 0.2) is 36.9 Å². The molecule has 3 atom stereocenters. The van der Waals surface area contributed by atoms with Gasteiger partial charge in [-0.05, 0) is 54.9 Å². The van der Waals surface area contributed by atoms with Crippen LogP contribution in [0.3, 0.4) is 0 Å². The van der Waals surface area contributed by atoms with Crippen LogP contribution in [0, 0.1) is 17.8 Å². The third-order valence-electron chi connectivity index (χ3n) is 4.68. The van der Waals surface area contributed by atoms with Gasteiger partial charge in [0.2, 0.25) is 0 Å². The number of hydrogen-bond donors (Lipinski definition) is 0. The van der Waals surface area contributed by atoms with E-state index in [0.717, 1.165) is 18.6 Å². The van der Waals surface area contributed by atoms with Gasteiger partial charge in [0.25, 0.3) is 0 Å². The largest absolute Gasteiger partial charge is 0.490 e. The number of benzene rings is 1. The fourth-order valence-electron chi connectivity index (χ4n) is 3.30. The summed E-state index contributed by atoms with van der Waals surface area (Å²) in [5.41, 5.74) is 0.580. The van der Waals surface area contributed by atoms with Gasteiger partial charge in [-0.15, -0.1) is 0 Å². The monoisotopic (exact) mass is 316 g/mol. The Labute approximate surface area is 139 Å². The molecule has 3 heteroatoms. The van der Waals surface area contributed by atoms with Crippen LogP contribution in [0.5, 0.6) is 5.75 Å². The smallest absolute Gasteiger partial charge is 0.338 e. The summed E-state index contributed by atoms with van der Waals surface area (Å²) < 4.78 is 11.3. The zero-order valence-electron chi connectivity index (χ0n) is 14.5. The molecule has 0 radical (unpaired) electrons. The van der Waals surface area contributed by atoms with Crippen molar-refractivity contribution in [2.45, 2.75) is 46.1 Å². The highest BCUT2D eigenvalue weighted by Crippen LogP contribution is 2.35. The van der Waals surface area contributed by atoms with E-state index in [-0.39, 0.29) is 12.1 Å². The lowest BCUT2D eigenvalue weighted by atomic mass is 9.75. The van der Waals surface area contributed by atoms with E-state index in [4.69, 9.17) is 9.47 Å². The summed E-state index contributed by atoms with van der Waals surface area (Å²) in [6, 6.07) is 7.11. The standard InChI is InChI=1S/C20H28O3/c1-5-12-22-17-9-7-16(8-10-17)20(21)23-19-13-15(4)6-11-18(19)14(2)3/h5,7-10,14-15,18-19H,1,6,11-13H2,2-4H3. The van der Waals surface area contributed by atoms with Crippen LogP contribution in [0.4, 0.5) is 0 Å². The van der Waals surface area contributed by atoms with E-state index >= 15 is 0 Å². The SMILES string of the molecule is C=CCOc1ccc(C(=O)OC2CC(C)CCC2C(C)C)cc1. The van der Waals surface area contributed by atoms with Gasteiger partial charge in [-0.3, -0.25) is 0 Å². The molecular formula is C20H28O3. The second-order valence-electron chi connectivity index (χ2n) is 6.89. The maximum absolute atomic E-state index is 12.4. The summed E-state index contributed by atoms with van der Waals surface area (Å²) in [6.07, 6.45) is 5.06. The van der Waals surface area contributed by atoms with E-state index in [1.54, 1.807) is 30.3 Å². The molecule has 0 amide bonds. The lowest BCUT2D eigenvalue weighted by molar-refractivity contribution is -0.0174. The molecule has 3 nitrogen and oxygen atoms in total. The fraction of sp³-hybridized carbons (Fsp3) is 0.550. The summed E-state index contributed by atoms with van der Waals surface area (Å²) in [5, 5.41) is 0. The van der Waals surface area contributed by atoms with E-state index in [2.05, 4.69) is 27.4 Å². The van der Waals surface area contributed by atoms with Crippen molar-refractivity contribution in [2.75, 3.05) is 6.61 Å². The summed E-state index contributed by atoms with van der Waals surface area (Å²) in [4.78, 5) is 12.4. The van der Waals surface area contributed by atoms with Gasteiger partial charge < -0.3 is 9.47 Å². The third kappa shape index (κ3) is 4.85. The number of hydrogen-bond acceptors (Lipinski definition) is 3. The Balaban J connectivity index is 2.00. The van der Waals surface area contributed by atoms with Gasteiger partial charge in [-0.2, -0.15) is 0 Å². The van der Waals surface area contributed by atoms with Crippen molar-refractivity contribution in [2.24, 2.45) is 17.8 Å². The lowest BCUT2D eigenvalue weighted by Gasteiger charge is -2.36. The minimum Gasteiger partial charge on any atom is -0.490 e. The molecular weight excluding hydrogens is 288 g/mol. The topological polar surface area (TPSA) is 35.5 Å². The molecule has 1 aromatic carbocycles. The van der Waals surface area contributed by atoms with Gasteiger partial charge in [-0.1, -0.05) is 39.8 Å². The van der Waals surface area contributed by atoms with Crippen molar-refractivity contribution < 1.29 is 14.3 Å². The second-order valence-corrected chi connectivity index (χ2v) is 6.89. The average molecular weight is 316 g/mol. The van der Waals surface area contributed by atoms with Crippen molar-refractivity contribution in [3.63, 3.8) is 0 Å². The van der Waals surface area contributed by atoms with Crippen LogP contribution in [-0.4, -0.2) is 18.7 Å². The number of ether oxygens (including phenoxy) is 2. The molecule has 1 fully saturated rings. The van der Waals surface area contributed by atoms with Crippen molar-refractivity contribution in [3.05, 3.63) is 42.5 Å². The molecule has 0 saturated heterocycles.